The number of nitrogens with two attached hydrogens (primary N) is 1. The molecule has 0 spiro atoms. The van der Waals surface area contributed by atoms with E-state index in [1.54, 1.807) is 0 Å². The highest BCUT2D eigenvalue weighted by Crippen LogP contribution is 2.44. The summed E-state index contributed by atoms with van der Waals surface area (Å²) < 4.78 is 34.9. The molecule has 4 nitrogen and oxygen atoms in total. The lowest BCUT2D eigenvalue weighted by atomic mass is 9.69. The molecule has 6 atom stereocenters. The lowest BCUT2D eigenvalue weighted by Gasteiger charge is -2.46. The van der Waals surface area contributed by atoms with Gasteiger partial charge < -0.3 is 15.8 Å². The summed E-state index contributed by atoms with van der Waals surface area (Å²) in [7, 11) is 0. The first-order chi connectivity index (χ1) is 11.5. The highest BCUT2D eigenvalue weighted by atomic mass is 79.9. The fourth-order valence-corrected chi connectivity index (χ4v) is 4.07. The molecule has 1 amide bonds. The van der Waals surface area contributed by atoms with Gasteiger partial charge in [-0.05, 0) is 30.5 Å². The second-order valence-electron chi connectivity index (χ2n) is 6.39. The van der Waals surface area contributed by atoms with Crippen molar-refractivity contribution in [3.8, 4) is 0 Å². The third-order valence-corrected chi connectivity index (χ3v) is 5.46. The second kappa shape index (κ2) is 7.45. The number of alkyl halides is 2. The zero-order valence-electron chi connectivity index (χ0n) is 13.1. The van der Waals surface area contributed by atoms with E-state index in [2.05, 4.69) is 21.2 Å². The number of carbonyl (C=O) groups excluding carboxylic acids is 1. The van der Waals surface area contributed by atoms with E-state index in [9.17, 15) is 13.6 Å². The monoisotopic (exact) mass is 402 g/mol. The van der Waals surface area contributed by atoms with Crippen molar-refractivity contribution in [2.75, 3.05) is 13.2 Å². The molecular formula is C17H21BrF2N2O2. The van der Waals surface area contributed by atoms with Crippen LogP contribution in [-0.2, 0) is 9.53 Å². The van der Waals surface area contributed by atoms with Crippen molar-refractivity contribution in [2.45, 2.75) is 37.3 Å². The van der Waals surface area contributed by atoms with Crippen molar-refractivity contribution in [2.24, 2.45) is 17.6 Å². The number of fused-ring (bicyclic) bond motifs is 1. The summed E-state index contributed by atoms with van der Waals surface area (Å²) in [6.45, 7) is 0.645. The van der Waals surface area contributed by atoms with Crippen LogP contribution in [0.1, 0.15) is 24.4 Å². The van der Waals surface area contributed by atoms with Crippen molar-refractivity contribution in [3.63, 3.8) is 0 Å². The van der Waals surface area contributed by atoms with Gasteiger partial charge in [0.25, 0.3) is 0 Å². The number of hydrogen-bond donors (Lipinski definition) is 2. The van der Waals surface area contributed by atoms with Crippen LogP contribution < -0.4 is 11.1 Å². The molecule has 132 valence electrons. The highest BCUT2D eigenvalue weighted by molar-refractivity contribution is 9.10. The Kier molecular flexibility index (Phi) is 5.52. The summed E-state index contributed by atoms with van der Waals surface area (Å²) in [4.78, 5) is 12.4. The average molecular weight is 403 g/mol. The molecule has 1 aromatic rings. The van der Waals surface area contributed by atoms with E-state index in [0.29, 0.717) is 19.6 Å². The molecule has 0 aromatic heterocycles. The maximum absolute atomic E-state index is 14.3. The van der Waals surface area contributed by atoms with Gasteiger partial charge in [-0.15, -0.1) is 0 Å². The number of amides is 1. The lowest BCUT2D eigenvalue weighted by Crippen LogP contribution is -2.59. The first-order valence-corrected chi connectivity index (χ1v) is 8.98. The van der Waals surface area contributed by atoms with Gasteiger partial charge in [0.05, 0.1) is 24.7 Å². The smallest absolute Gasteiger partial charge is 0.227 e. The molecule has 3 rings (SSSR count). The van der Waals surface area contributed by atoms with E-state index >= 15 is 0 Å². The minimum atomic E-state index is -1.78. The van der Waals surface area contributed by atoms with Crippen LogP contribution in [-0.4, -0.2) is 37.5 Å². The molecule has 1 aromatic carbocycles. The highest BCUT2D eigenvalue weighted by Gasteiger charge is 2.53. The van der Waals surface area contributed by atoms with Crippen LogP contribution in [0.5, 0.6) is 0 Å². The molecule has 24 heavy (non-hydrogen) atoms. The minimum Gasteiger partial charge on any atom is -0.374 e. The number of carbonyl (C=O) groups is 1. The predicted octanol–water partition coefficient (Wildman–Crippen LogP) is 2.67. The first-order valence-electron chi connectivity index (χ1n) is 8.18. The molecule has 1 saturated heterocycles. The predicted molar refractivity (Wildman–Crippen MR) is 89.8 cm³/mol. The minimum absolute atomic E-state index is 0.116. The van der Waals surface area contributed by atoms with E-state index in [-0.39, 0.29) is 18.4 Å². The Morgan fingerprint density at radius 1 is 1.25 bits per heavy atom. The Balaban J connectivity index is 1.91. The Labute approximate surface area is 148 Å². The molecule has 7 heteroatoms. The number of piperidine rings is 1. The number of halogens is 3. The van der Waals surface area contributed by atoms with Crippen LogP contribution in [0.15, 0.2) is 28.7 Å². The number of nitrogens with one attached hydrogen (secondary N) is 1. The molecule has 1 heterocycles. The Hall–Kier alpha value is -1.05. The summed E-state index contributed by atoms with van der Waals surface area (Å²) in [5, 5.41) is 2.83. The summed E-state index contributed by atoms with van der Waals surface area (Å²) in [5.74, 6) is -1.78. The van der Waals surface area contributed by atoms with Crippen LogP contribution in [0, 0.1) is 11.8 Å². The zero-order chi connectivity index (χ0) is 17.3. The first kappa shape index (κ1) is 17.8. The molecule has 3 N–H and O–H groups in total. The fourth-order valence-electron chi connectivity index (χ4n) is 3.81. The van der Waals surface area contributed by atoms with Gasteiger partial charge in [-0.3, -0.25) is 4.79 Å². The van der Waals surface area contributed by atoms with Gasteiger partial charge in [-0.25, -0.2) is 8.78 Å². The second-order valence-corrected chi connectivity index (χ2v) is 7.30. The van der Waals surface area contributed by atoms with E-state index in [4.69, 9.17) is 10.5 Å². The zero-order valence-corrected chi connectivity index (χ0v) is 14.7. The molecule has 0 bridgehead atoms. The van der Waals surface area contributed by atoms with Crippen molar-refractivity contribution in [1.82, 2.24) is 5.32 Å². The van der Waals surface area contributed by atoms with Gasteiger partial charge in [0.1, 0.15) is 12.3 Å². The van der Waals surface area contributed by atoms with Crippen molar-refractivity contribution in [3.05, 3.63) is 34.3 Å². The van der Waals surface area contributed by atoms with E-state index in [1.165, 1.54) is 0 Å². The molecule has 6 unspecified atom stereocenters. The van der Waals surface area contributed by atoms with Gasteiger partial charge in [0.15, 0.2) is 0 Å². The van der Waals surface area contributed by atoms with Crippen molar-refractivity contribution < 1.29 is 18.3 Å². The Morgan fingerprint density at radius 3 is 2.62 bits per heavy atom. The van der Waals surface area contributed by atoms with Crippen LogP contribution in [0.3, 0.4) is 0 Å². The largest absolute Gasteiger partial charge is 0.374 e. The third-order valence-electron chi connectivity index (χ3n) is 4.93. The van der Waals surface area contributed by atoms with Crippen molar-refractivity contribution in [1.29, 1.82) is 0 Å². The third kappa shape index (κ3) is 3.34. The summed E-state index contributed by atoms with van der Waals surface area (Å²) in [6, 6.07) is 7.15. The van der Waals surface area contributed by atoms with Crippen LogP contribution >= 0.6 is 15.9 Å². The van der Waals surface area contributed by atoms with Gasteiger partial charge in [0, 0.05) is 16.9 Å². The molecule has 0 radical (unpaired) electrons. The van der Waals surface area contributed by atoms with Crippen molar-refractivity contribution >= 4 is 21.8 Å². The normalized spacial score (nSPS) is 36.1. The molecular weight excluding hydrogens is 382 g/mol. The van der Waals surface area contributed by atoms with E-state index in [1.807, 2.05) is 24.3 Å². The molecule has 1 saturated carbocycles. The lowest BCUT2D eigenvalue weighted by molar-refractivity contribution is -0.152. The summed E-state index contributed by atoms with van der Waals surface area (Å²) in [5.41, 5.74) is 6.42. The number of hydrogen-bond acceptors (Lipinski definition) is 3. The molecule has 2 aliphatic rings. The SMILES string of the molecule is NCCOC1C(c2ccc(Br)cc2)NC(=O)C2C(F)C(F)CCC12. The average Bonchev–Trinajstić information content (AvgIpc) is 2.57. The topological polar surface area (TPSA) is 64.3 Å². The summed E-state index contributed by atoms with van der Waals surface area (Å²) in [6.07, 6.45) is -3.23. The molecule has 1 aliphatic carbocycles. The Morgan fingerprint density at radius 2 is 1.96 bits per heavy atom. The molecule has 1 aliphatic heterocycles. The van der Waals surface area contributed by atoms with Gasteiger partial charge in [0.2, 0.25) is 5.91 Å². The van der Waals surface area contributed by atoms with Crippen LogP contribution in [0.4, 0.5) is 8.78 Å². The van der Waals surface area contributed by atoms with Gasteiger partial charge >= 0.3 is 0 Å². The molecule has 2 fully saturated rings. The van der Waals surface area contributed by atoms with Crippen LogP contribution in [0.25, 0.3) is 0 Å². The Bertz CT molecular complexity index is 586. The number of ether oxygens (including phenoxy) is 1. The quantitative estimate of drug-likeness (QED) is 0.813. The van der Waals surface area contributed by atoms with Crippen LogP contribution in [0.2, 0.25) is 0 Å². The van der Waals surface area contributed by atoms with E-state index in [0.717, 1.165) is 10.0 Å². The maximum Gasteiger partial charge on any atom is 0.227 e. The number of benzene rings is 1. The van der Waals surface area contributed by atoms with Gasteiger partial charge in [-0.1, -0.05) is 28.1 Å². The van der Waals surface area contributed by atoms with Gasteiger partial charge in [-0.2, -0.15) is 0 Å². The number of rotatable bonds is 4. The maximum atomic E-state index is 14.3. The summed E-state index contributed by atoms with van der Waals surface area (Å²) >= 11 is 3.38. The fraction of sp³-hybridized carbons (Fsp3) is 0.588. The van der Waals surface area contributed by atoms with E-state index < -0.39 is 30.3 Å². The standard InChI is InChI=1S/C17H21BrF2N2O2/c18-10-3-1-9(2-4-10)15-16(24-8-7-21)11-5-6-12(19)14(20)13(11)17(23)22-15/h1-4,11-16H,5-8,21H2,(H,22,23).